The third-order valence-corrected chi connectivity index (χ3v) is 9.47. The Kier molecular flexibility index (Phi) is 12.8. The van der Waals surface area contributed by atoms with E-state index in [2.05, 4.69) is 33.1 Å². The number of nitrogens with one attached hydrogen (secondary N) is 3. The Balaban J connectivity index is 1.47. The number of aliphatic hydroxyl groups excluding tert-OH is 1. The molecule has 1 aromatic carbocycles. The lowest BCUT2D eigenvalue weighted by molar-refractivity contribution is -0.118. The van der Waals surface area contributed by atoms with Gasteiger partial charge in [0.15, 0.2) is 5.78 Å². The molecule has 8 nitrogen and oxygen atoms in total. The van der Waals surface area contributed by atoms with Crippen LogP contribution in [0.15, 0.2) is 70.4 Å². The van der Waals surface area contributed by atoms with Gasteiger partial charge in [0.1, 0.15) is 6.23 Å². The molecule has 4 rings (SSSR count). The van der Waals surface area contributed by atoms with Gasteiger partial charge in [-0.15, -0.1) is 0 Å². The Morgan fingerprint density at radius 2 is 1.93 bits per heavy atom. The highest BCUT2D eigenvalue weighted by Crippen LogP contribution is 2.38. The SMILES string of the molecule is CN=C(/C(C)=C/NC(=O)N[C@@H]1CCCC(CCOC)C[C@H]1c1ccccc1)/C1=C/C(C)CCC(=O)C(C(O)NC2CC(F)(F)C2)=C1. The van der Waals surface area contributed by atoms with Crippen LogP contribution in [-0.4, -0.2) is 67.6 Å². The fourth-order valence-electron chi connectivity index (χ4n) is 6.90. The third-order valence-electron chi connectivity index (χ3n) is 9.47. The van der Waals surface area contributed by atoms with E-state index in [9.17, 15) is 23.5 Å². The van der Waals surface area contributed by atoms with E-state index < -0.39 is 18.2 Å². The monoisotopic (exact) mass is 640 g/mol. The van der Waals surface area contributed by atoms with Gasteiger partial charge in [-0.2, -0.15) is 0 Å². The van der Waals surface area contributed by atoms with Gasteiger partial charge in [-0.3, -0.25) is 15.1 Å². The van der Waals surface area contributed by atoms with Crippen LogP contribution >= 0.6 is 0 Å². The van der Waals surface area contributed by atoms with Crippen molar-refractivity contribution in [3.63, 3.8) is 0 Å². The predicted octanol–water partition coefficient (Wildman–Crippen LogP) is 6.20. The second-order valence-corrected chi connectivity index (χ2v) is 13.1. The number of carbonyl (C=O) groups excluding carboxylic acids is 2. The van der Waals surface area contributed by atoms with Gasteiger partial charge in [-0.1, -0.05) is 56.2 Å². The number of amides is 2. The minimum Gasteiger partial charge on any atom is -0.385 e. The number of rotatable bonds is 11. The van der Waals surface area contributed by atoms with Gasteiger partial charge in [0.05, 0.1) is 5.71 Å². The number of urea groups is 1. The Morgan fingerprint density at radius 1 is 1.20 bits per heavy atom. The van der Waals surface area contributed by atoms with Crippen molar-refractivity contribution in [2.75, 3.05) is 20.8 Å². The highest BCUT2D eigenvalue weighted by atomic mass is 19.3. The molecule has 252 valence electrons. The molecule has 5 atom stereocenters. The summed E-state index contributed by atoms with van der Waals surface area (Å²) in [6.45, 7) is 4.56. The summed E-state index contributed by atoms with van der Waals surface area (Å²) in [5, 5.41) is 19.8. The second-order valence-electron chi connectivity index (χ2n) is 13.1. The lowest BCUT2D eigenvalue weighted by atomic mass is 9.83. The molecule has 2 amide bonds. The number of ketones is 1. The zero-order valence-corrected chi connectivity index (χ0v) is 27.5. The molecule has 0 radical (unpaired) electrons. The topological polar surface area (TPSA) is 112 Å². The molecule has 0 aliphatic heterocycles. The molecule has 1 aromatic rings. The minimum atomic E-state index is -2.74. The number of ether oxygens (including phenoxy) is 1. The van der Waals surface area contributed by atoms with Crippen LogP contribution in [0, 0.1) is 11.8 Å². The van der Waals surface area contributed by atoms with Gasteiger partial charge < -0.3 is 20.5 Å². The normalized spacial score (nSPS) is 28.0. The van der Waals surface area contributed by atoms with E-state index in [1.165, 1.54) is 5.56 Å². The van der Waals surface area contributed by atoms with E-state index in [0.717, 1.165) is 38.7 Å². The van der Waals surface area contributed by atoms with E-state index in [0.29, 0.717) is 29.2 Å². The Bertz CT molecular complexity index is 1320. The van der Waals surface area contributed by atoms with Gasteiger partial charge in [0, 0.05) is 69.8 Å². The zero-order chi connectivity index (χ0) is 33.3. The van der Waals surface area contributed by atoms with Crippen molar-refractivity contribution in [2.24, 2.45) is 16.8 Å². The highest BCUT2D eigenvalue weighted by Gasteiger charge is 2.46. The van der Waals surface area contributed by atoms with Crippen LogP contribution in [0.25, 0.3) is 0 Å². The molecule has 3 aliphatic rings. The van der Waals surface area contributed by atoms with Crippen molar-refractivity contribution in [1.82, 2.24) is 16.0 Å². The van der Waals surface area contributed by atoms with E-state index >= 15 is 0 Å². The molecule has 3 unspecified atom stereocenters. The molecule has 0 heterocycles. The van der Waals surface area contributed by atoms with E-state index in [4.69, 9.17) is 4.74 Å². The number of carbonyl (C=O) groups is 2. The summed E-state index contributed by atoms with van der Waals surface area (Å²) in [6, 6.07) is 9.45. The lowest BCUT2D eigenvalue weighted by Gasteiger charge is -2.37. The molecule has 10 heteroatoms. The first-order valence-corrected chi connectivity index (χ1v) is 16.5. The predicted molar refractivity (Wildman–Crippen MR) is 177 cm³/mol. The standard InChI is InChI=1S/C36H50F2N4O4/c1-23-13-14-32(43)30(34(44)41-28-20-36(37,38)21-28)19-27(17-23)33(39-3)24(2)22-40-35(45)42-31-12-8-9-25(15-16-46-4)18-29(31)26-10-6-5-7-11-26/h5-7,10-11,17,19,22-23,25,28-29,31,34,41,44H,8-9,12-16,18,20-21H2,1-4H3,(H2,40,42,45)/b24-22+,27-17+,30-19?,39-33?/t23?,25?,29-,31+,34?/m0/s1. The molecular weight excluding hydrogens is 590 g/mol. The largest absolute Gasteiger partial charge is 0.385 e. The summed E-state index contributed by atoms with van der Waals surface area (Å²) in [4.78, 5) is 30.8. The number of halogens is 2. The summed E-state index contributed by atoms with van der Waals surface area (Å²) in [6.07, 6.45) is 8.88. The molecule has 0 aromatic heterocycles. The quantitative estimate of drug-likeness (QED) is 0.131. The molecule has 0 bridgehead atoms. The summed E-state index contributed by atoms with van der Waals surface area (Å²) in [5.41, 5.74) is 3.19. The Labute approximate surface area is 271 Å². The number of hydrogen-bond acceptors (Lipinski definition) is 6. The van der Waals surface area contributed by atoms with Crippen LogP contribution in [0.2, 0.25) is 0 Å². The Morgan fingerprint density at radius 3 is 2.61 bits per heavy atom. The first-order valence-electron chi connectivity index (χ1n) is 16.5. The second kappa shape index (κ2) is 16.6. The van der Waals surface area contributed by atoms with Crippen LogP contribution in [0.1, 0.15) is 83.1 Å². The van der Waals surface area contributed by atoms with Crippen molar-refractivity contribution in [2.45, 2.75) is 102 Å². The number of aliphatic imine (C=N–C) groups is 1. The molecule has 0 spiro atoms. The number of aliphatic hydroxyl groups is 1. The average Bonchev–Trinajstić information content (AvgIpc) is 3.21. The van der Waals surface area contributed by atoms with Gasteiger partial charge in [-0.25, -0.2) is 13.6 Å². The molecule has 46 heavy (non-hydrogen) atoms. The number of nitrogens with zero attached hydrogens (tertiary/aromatic N) is 1. The summed E-state index contributed by atoms with van der Waals surface area (Å²) in [7, 11) is 3.36. The van der Waals surface area contributed by atoms with Gasteiger partial charge >= 0.3 is 6.03 Å². The maximum absolute atomic E-state index is 13.4. The molecule has 0 saturated heterocycles. The number of alkyl halides is 2. The van der Waals surface area contributed by atoms with Crippen LogP contribution in [0.5, 0.6) is 0 Å². The molecular formula is C36H50F2N4O4. The summed E-state index contributed by atoms with van der Waals surface area (Å²) >= 11 is 0. The molecule has 3 aliphatic carbocycles. The summed E-state index contributed by atoms with van der Waals surface area (Å²) in [5.74, 6) is -2.21. The van der Waals surface area contributed by atoms with Crippen LogP contribution in [0.3, 0.4) is 0 Å². The van der Waals surface area contributed by atoms with Crippen LogP contribution in [-0.2, 0) is 9.53 Å². The zero-order valence-electron chi connectivity index (χ0n) is 27.5. The van der Waals surface area contributed by atoms with Crippen molar-refractivity contribution in [3.8, 4) is 0 Å². The third kappa shape index (κ3) is 9.89. The van der Waals surface area contributed by atoms with E-state index in [1.807, 2.05) is 38.1 Å². The summed E-state index contributed by atoms with van der Waals surface area (Å²) < 4.78 is 32.1. The maximum Gasteiger partial charge on any atom is 0.319 e. The van der Waals surface area contributed by atoms with Crippen molar-refractivity contribution in [3.05, 3.63) is 71.0 Å². The number of allylic oxidation sites excluding steroid dienone is 4. The number of hydrogen-bond donors (Lipinski definition) is 4. The lowest BCUT2D eigenvalue weighted by Crippen LogP contribution is -2.52. The highest BCUT2D eigenvalue weighted by molar-refractivity contribution is 6.15. The van der Waals surface area contributed by atoms with Gasteiger partial charge in [-0.05, 0) is 67.2 Å². The first kappa shape index (κ1) is 35.6. The number of methoxy groups -OCH3 is 1. The van der Waals surface area contributed by atoms with Crippen LogP contribution in [0.4, 0.5) is 13.6 Å². The number of Topliss-reactive ketones (excluding diaryl/α,β-unsaturated/α-hetero) is 1. The number of benzene rings is 1. The Hall–Kier alpha value is -3.21. The van der Waals surface area contributed by atoms with Crippen molar-refractivity contribution >= 4 is 17.5 Å². The van der Waals surface area contributed by atoms with E-state index in [-0.39, 0.29) is 54.5 Å². The fourth-order valence-corrected chi connectivity index (χ4v) is 6.90. The van der Waals surface area contributed by atoms with Gasteiger partial charge in [0.2, 0.25) is 0 Å². The van der Waals surface area contributed by atoms with Crippen molar-refractivity contribution in [1.29, 1.82) is 0 Å². The molecule has 2 fully saturated rings. The van der Waals surface area contributed by atoms with Crippen molar-refractivity contribution < 1.29 is 28.2 Å². The first-order chi connectivity index (χ1) is 22.0. The molecule has 4 N–H and O–H groups in total. The smallest absolute Gasteiger partial charge is 0.319 e. The van der Waals surface area contributed by atoms with E-state index in [1.54, 1.807) is 26.4 Å². The van der Waals surface area contributed by atoms with Gasteiger partial charge in [0.25, 0.3) is 5.92 Å². The maximum atomic E-state index is 13.4. The average molecular weight is 641 g/mol. The fraction of sp³-hybridized carbons (Fsp3) is 0.583. The van der Waals surface area contributed by atoms with Crippen LogP contribution < -0.4 is 16.0 Å². The molecule has 2 saturated carbocycles. The minimum absolute atomic E-state index is 0.0294.